The van der Waals surface area contributed by atoms with Gasteiger partial charge in [0, 0.05) is 25.2 Å². The molecule has 2 aliphatic carbocycles. The third kappa shape index (κ3) is 2.97. The third-order valence-corrected chi connectivity index (χ3v) is 5.11. The Hall–Kier alpha value is -1.51. The van der Waals surface area contributed by atoms with Crippen molar-refractivity contribution in [2.75, 3.05) is 18.0 Å². The fourth-order valence-electron chi connectivity index (χ4n) is 4.10. The van der Waals surface area contributed by atoms with Crippen molar-refractivity contribution in [2.24, 2.45) is 23.5 Å². The first kappa shape index (κ1) is 13.5. The number of anilines is 1. The normalized spacial score (nSPS) is 27.7. The highest BCUT2D eigenvalue weighted by atomic mass is 15.1. The molecule has 2 saturated carbocycles. The number of nitrogens with one attached hydrogen (secondary N) is 1. The number of benzene rings is 1. The molecule has 3 unspecified atom stereocenters. The monoisotopic (exact) mass is 271 g/mol. The maximum Gasteiger partial charge on any atom is 0.0923 e. The summed E-state index contributed by atoms with van der Waals surface area (Å²) in [5.41, 5.74) is 6.82. The second-order valence-corrected chi connectivity index (χ2v) is 6.49. The van der Waals surface area contributed by atoms with Crippen molar-refractivity contribution < 1.29 is 0 Å². The number of fused-ring (bicyclic) bond motifs is 2. The molecule has 0 aliphatic heterocycles. The highest BCUT2D eigenvalue weighted by Gasteiger charge is 2.39. The molecule has 0 aromatic heterocycles. The van der Waals surface area contributed by atoms with Gasteiger partial charge in [-0.25, -0.2) is 0 Å². The molecule has 0 radical (unpaired) electrons. The van der Waals surface area contributed by atoms with Crippen LogP contribution in [0.4, 0.5) is 5.69 Å². The number of rotatable bonds is 6. The van der Waals surface area contributed by atoms with Crippen LogP contribution in [0.1, 0.15) is 32.1 Å². The lowest BCUT2D eigenvalue weighted by Gasteiger charge is -2.31. The SMILES string of the molecule is N=C(N)CCN(CC1CC2CCC1C2)c1ccccc1. The zero-order chi connectivity index (χ0) is 13.9. The van der Waals surface area contributed by atoms with E-state index in [1.165, 1.54) is 31.4 Å². The topological polar surface area (TPSA) is 53.1 Å². The second-order valence-electron chi connectivity index (χ2n) is 6.49. The maximum atomic E-state index is 7.47. The van der Waals surface area contributed by atoms with Crippen LogP contribution in [0.5, 0.6) is 0 Å². The van der Waals surface area contributed by atoms with Crippen molar-refractivity contribution in [2.45, 2.75) is 32.1 Å². The smallest absolute Gasteiger partial charge is 0.0923 e. The Balaban J connectivity index is 1.67. The van der Waals surface area contributed by atoms with Crippen LogP contribution in [0.3, 0.4) is 0 Å². The molecule has 20 heavy (non-hydrogen) atoms. The minimum atomic E-state index is 0.291. The molecule has 0 amide bonds. The van der Waals surface area contributed by atoms with E-state index in [4.69, 9.17) is 11.1 Å². The van der Waals surface area contributed by atoms with Gasteiger partial charge in [-0.15, -0.1) is 0 Å². The fraction of sp³-hybridized carbons (Fsp3) is 0.588. The molecule has 2 aliphatic rings. The van der Waals surface area contributed by atoms with Gasteiger partial charge in [-0.1, -0.05) is 24.6 Å². The molecule has 3 N–H and O–H groups in total. The van der Waals surface area contributed by atoms with Crippen molar-refractivity contribution >= 4 is 11.5 Å². The molecular weight excluding hydrogens is 246 g/mol. The molecule has 1 aromatic carbocycles. The summed E-state index contributed by atoms with van der Waals surface area (Å²) in [6.45, 7) is 2.01. The molecular formula is C17H25N3. The fourth-order valence-corrected chi connectivity index (χ4v) is 4.10. The van der Waals surface area contributed by atoms with Crippen LogP contribution in [-0.2, 0) is 0 Å². The van der Waals surface area contributed by atoms with E-state index in [0.717, 1.165) is 30.8 Å². The zero-order valence-corrected chi connectivity index (χ0v) is 12.1. The first-order valence-electron chi connectivity index (χ1n) is 7.85. The van der Waals surface area contributed by atoms with Crippen molar-refractivity contribution in [3.63, 3.8) is 0 Å². The molecule has 3 rings (SSSR count). The lowest BCUT2D eigenvalue weighted by molar-refractivity contribution is 0.334. The number of hydrogen-bond donors (Lipinski definition) is 2. The molecule has 3 nitrogen and oxygen atoms in total. The highest BCUT2D eigenvalue weighted by molar-refractivity contribution is 5.77. The minimum absolute atomic E-state index is 0.291. The summed E-state index contributed by atoms with van der Waals surface area (Å²) in [6.07, 6.45) is 6.43. The van der Waals surface area contributed by atoms with Gasteiger partial charge in [0.15, 0.2) is 0 Å². The van der Waals surface area contributed by atoms with Crippen LogP contribution in [0.15, 0.2) is 30.3 Å². The largest absolute Gasteiger partial charge is 0.388 e. The quantitative estimate of drug-likeness (QED) is 0.616. The van der Waals surface area contributed by atoms with Crippen molar-refractivity contribution in [3.05, 3.63) is 30.3 Å². The Morgan fingerprint density at radius 1 is 1.20 bits per heavy atom. The van der Waals surface area contributed by atoms with Crippen molar-refractivity contribution in [3.8, 4) is 0 Å². The molecule has 3 heteroatoms. The van der Waals surface area contributed by atoms with Gasteiger partial charge in [-0.3, -0.25) is 5.41 Å². The first-order valence-corrected chi connectivity index (χ1v) is 7.85. The van der Waals surface area contributed by atoms with Crippen LogP contribution < -0.4 is 10.6 Å². The van der Waals surface area contributed by atoms with Gasteiger partial charge < -0.3 is 10.6 Å². The van der Waals surface area contributed by atoms with Gasteiger partial charge in [0.05, 0.1) is 5.84 Å². The van der Waals surface area contributed by atoms with Gasteiger partial charge in [-0.2, -0.15) is 0 Å². The highest BCUT2D eigenvalue weighted by Crippen LogP contribution is 2.48. The summed E-state index contributed by atoms with van der Waals surface area (Å²) in [7, 11) is 0. The number of nitrogens with zero attached hydrogens (tertiary/aromatic N) is 1. The number of nitrogens with two attached hydrogens (primary N) is 1. The van der Waals surface area contributed by atoms with Crippen LogP contribution >= 0.6 is 0 Å². The Morgan fingerprint density at radius 2 is 2.00 bits per heavy atom. The van der Waals surface area contributed by atoms with Crippen LogP contribution in [0.2, 0.25) is 0 Å². The average molecular weight is 271 g/mol. The third-order valence-electron chi connectivity index (χ3n) is 5.11. The van der Waals surface area contributed by atoms with E-state index >= 15 is 0 Å². The Labute approximate surface area is 121 Å². The molecule has 0 spiro atoms. The summed E-state index contributed by atoms with van der Waals surface area (Å²) >= 11 is 0. The van der Waals surface area contributed by atoms with Gasteiger partial charge in [0.2, 0.25) is 0 Å². The Kier molecular flexibility index (Phi) is 3.95. The zero-order valence-electron chi connectivity index (χ0n) is 12.1. The molecule has 3 atom stereocenters. The van der Waals surface area contributed by atoms with Crippen LogP contribution in [0, 0.1) is 23.2 Å². The summed E-state index contributed by atoms with van der Waals surface area (Å²) < 4.78 is 0. The standard InChI is InChI=1S/C17H25N3/c18-17(19)8-9-20(16-4-2-1-3-5-16)12-15-11-13-6-7-14(15)10-13/h1-5,13-15H,6-12H2,(H3,18,19). The maximum absolute atomic E-state index is 7.47. The number of amidine groups is 1. The van der Waals surface area contributed by atoms with Crippen molar-refractivity contribution in [1.29, 1.82) is 5.41 Å². The predicted molar refractivity (Wildman–Crippen MR) is 84.1 cm³/mol. The molecule has 0 saturated heterocycles. The van der Waals surface area contributed by atoms with E-state index < -0.39 is 0 Å². The van der Waals surface area contributed by atoms with Crippen LogP contribution in [-0.4, -0.2) is 18.9 Å². The van der Waals surface area contributed by atoms with Gasteiger partial charge in [-0.05, 0) is 49.1 Å². The number of para-hydroxylation sites is 1. The summed E-state index contributed by atoms with van der Waals surface area (Å²) in [4.78, 5) is 2.44. The lowest BCUT2D eigenvalue weighted by Crippen LogP contribution is -2.34. The van der Waals surface area contributed by atoms with Gasteiger partial charge >= 0.3 is 0 Å². The first-order chi connectivity index (χ1) is 9.72. The van der Waals surface area contributed by atoms with Crippen LogP contribution in [0.25, 0.3) is 0 Å². The van der Waals surface area contributed by atoms with E-state index in [1.54, 1.807) is 0 Å². The summed E-state index contributed by atoms with van der Waals surface area (Å²) in [6, 6.07) is 10.6. The molecule has 2 bridgehead atoms. The average Bonchev–Trinajstić information content (AvgIpc) is 3.06. The van der Waals surface area contributed by atoms with Crippen molar-refractivity contribution in [1.82, 2.24) is 0 Å². The molecule has 1 aromatic rings. The Bertz CT molecular complexity index is 457. The van der Waals surface area contributed by atoms with E-state index in [2.05, 4.69) is 35.2 Å². The van der Waals surface area contributed by atoms with E-state index in [1.807, 2.05) is 0 Å². The number of hydrogen-bond acceptors (Lipinski definition) is 2. The van der Waals surface area contributed by atoms with E-state index in [9.17, 15) is 0 Å². The minimum Gasteiger partial charge on any atom is -0.388 e. The molecule has 0 heterocycles. The van der Waals surface area contributed by atoms with E-state index in [-0.39, 0.29) is 0 Å². The lowest BCUT2D eigenvalue weighted by atomic mass is 9.88. The van der Waals surface area contributed by atoms with Gasteiger partial charge in [0.25, 0.3) is 0 Å². The Morgan fingerprint density at radius 3 is 2.60 bits per heavy atom. The second kappa shape index (κ2) is 5.86. The molecule has 2 fully saturated rings. The molecule has 108 valence electrons. The predicted octanol–water partition coefficient (Wildman–Crippen LogP) is 3.26. The summed E-state index contributed by atoms with van der Waals surface area (Å²) in [5.74, 6) is 3.08. The summed E-state index contributed by atoms with van der Waals surface area (Å²) in [5, 5.41) is 7.47. The van der Waals surface area contributed by atoms with E-state index in [0.29, 0.717) is 12.3 Å². The van der Waals surface area contributed by atoms with Gasteiger partial charge in [0.1, 0.15) is 0 Å².